The lowest BCUT2D eigenvalue weighted by Gasteiger charge is -1.97. The van der Waals surface area contributed by atoms with Gasteiger partial charge in [-0.05, 0) is 31.9 Å². The van der Waals surface area contributed by atoms with E-state index in [1.807, 2.05) is 0 Å². The zero-order valence-corrected chi connectivity index (χ0v) is 15.9. The van der Waals surface area contributed by atoms with E-state index in [0.717, 1.165) is 9.40 Å². The molecule has 0 aliphatic carbocycles. The summed E-state index contributed by atoms with van der Waals surface area (Å²) in [7, 11) is 2.61. The van der Waals surface area contributed by atoms with Crippen molar-refractivity contribution in [3.63, 3.8) is 0 Å². The van der Waals surface area contributed by atoms with Crippen LogP contribution in [0.3, 0.4) is 0 Å². The molecule has 0 saturated carbocycles. The summed E-state index contributed by atoms with van der Waals surface area (Å²) in [5.74, 6) is -0.988. The highest BCUT2D eigenvalue weighted by Gasteiger charge is 2.23. The maximum Gasteiger partial charge on any atom is 0.367 e. The van der Waals surface area contributed by atoms with Gasteiger partial charge in [0.1, 0.15) is 0 Å². The molecule has 6 nitrogen and oxygen atoms in total. The Balaban J connectivity index is 2.33. The molecule has 10 heteroatoms. The van der Waals surface area contributed by atoms with Gasteiger partial charge >= 0.3 is 11.9 Å². The zero-order chi connectivity index (χ0) is 16.0. The minimum absolute atomic E-state index is 0.254. The maximum atomic E-state index is 11.6. The number of carbonyl (C=O) groups excluding carboxylic acids is 2. The molecule has 2 aromatic heterocycles. The third kappa shape index (κ3) is 2.34. The molecule has 0 unspecified atom stereocenters. The van der Waals surface area contributed by atoms with Crippen LogP contribution in [0.25, 0.3) is 20.4 Å². The van der Waals surface area contributed by atoms with Crippen molar-refractivity contribution in [2.75, 3.05) is 14.2 Å². The smallest absolute Gasteiger partial charge is 0.367 e. The van der Waals surface area contributed by atoms with E-state index in [-0.39, 0.29) is 10.0 Å². The average molecular weight is 466 g/mol. The average Bonchev–Trinajstić information content (AvgIpc) is 3.16. The highest BCUT2D eigenvalue weighted by molar-refractivity contribution is 9.11. The molecular formula is C12H6Br2N2O4S2. The molecule has 114 valence electrons. The predicted octanol–water partition coefficient (Wildman–Crippen LogP) is 4.00. The number of carbonyl (C=O) groups is 2. The number of aromatic nitrogens is 2. The molecule has 0 radical (unpaired) electrons. The van der Waals surface area contributed by atoms with Gasteiger partial charge in [0.2, 0.25) is 10.0 Å². The van der Waals surface area contributed by atoms with Gasteiger partial charge in [0, 0.05) is 0 Å². The van der Waals surface area contributed by atoms with Crippen LogP contribution in [0.4, 0.5) is 0 Å². The summed E-state index contributed by atoms with van der Waals surface area (Å²) < 4.78 is 12.3. The molecular weight excluding hydrogens is 460 g/mol. The molecule has 22 heavy (non-hydrogen) atoms. The van der Waals surface area contributed by atoms with Crippen LogP contribution in [-0.2, 0) is 9.47 Å². The maximum absolute atomic E-state index is 11.6. The van der Waals surface area contributed by atoms with Crippen LogP contribution in [0.15, 0.2) is 8.95 Å². The molecule has 3 rings (SSSR count). The zero-order valence-electron chi connectivity index (χ0n) is 11.1. The Hall–Kier alpha value is -1.10. The lowest BCUT2D eigenvalue weighted by molar-refractivity contribution is 0.0592. The van der Waals surface area contributed by atoms with Crippen molar-refractivity contribution in [3.05, 3.63) is 19.0 Å². The van der Waals surface area contributed by atoms with Crippen molar-refractivity contribution in [2.45, 2.75) is 0 Å². The minimum atomic E-state index is -0.494. The first-order valence-corrected chi connectivity index (χ1v) is 8.94. The molecule has 0 atom stereocenters. The fraction of sp³-hybridized carbons (Fsp3) is 0.167. The van der Waals surface area contributed by atoms with Crippen LogP contribution in [-0.4, -0.2) is 36.1 Å². The van der Waals surface area contributed by atoms with E-state index in [1.54, 1.807) is 0 Å². The molecule has 0 spiro atoms. The summed E-state index contributed by atoms with van der Waals surface area (Å²) in [6, 6.07) is 0. The van der Waals surface area contributed by atoms with Crippen molar-refractivity contribution in [1.29, 1.82) is 0 Å². The molecule has 3 aromatic rings. The third-order valence-electron chi connectivity index (χ3n) is 2.79. The Morgan fingerprint density at radius 1 is 0.864 bits per heavy atom. The van der Waals surface area contributed by atoms with E-state index in [2.05, 4.69) is 41.8 Å². The molecule has 0 aliphatic rings. The van der Waals surface area contributed by atoms with Crippen molar-refractivity contribution in [3.8, 4) is 0 Å². The summed E-state index contributed by atoms with van der Waals surface area (Å²) in [6.07, 6.45) is 0. The van der Waals surface area contributed by atoms with Crippen LogP contribution in [0, 0.1) is 0 Å². The number of hydrogen-bond acceptors (Lipinski definition) is 8. The highest BCUT2D eigenvalue weighted by atomic mass is 79.9. The molecule has 0 saturated heterocycles. The first kappa shape index (κ1) is 15.8. The minimum Gasteiger partial charge on any atom is -0.464 e. The van der Waals surface area contributed by atoms with Gasteiger partial charge in [-0.25, -0.2) is 19.6 Å². The number of fused-ring (bicyclic) bond motifs is 2. The fourth-order valence-electron chi connectivity index (χ4n) is 1.80. The van der Waals surface area contributed by atoms with Gasteiger partial charge < -0.3 is 9.47 Å². The number of methoxy groups -OCH3 is 2. The largest absolute Gasteiger partial charge is 0.464 e. The van der Waals surface area contributed by atoms with Gasteiger partial charge in [0.05, 0.1) is 43.6 Å². The van der Waals surface area contributed by atoms with Crippen molar-refractivity contribution >= 4 is 86.9 Å². The topological polar surface area (TPSA) is 78.4 Å². The standard InChI is InChI=1S/C12H6Br2N2O4S2/c1-19-11(17)9-15-5-3(13)8-6(4(14)7(5)21-9)16-10(22-8)12(18)20-2/h1-2H3. The molecule has 1 aromatic carbocycles. The van der Waals surface area contributed by atoms with Crippen molar-refractivity contribution in [1.82, 2.24) is 9.97 Å². The van der Waals surface area contributed by atoms with Crippen LogP contribution < -0.4 is 0 Å². The first-order valence-electron chi connectivity index (χ1n) is 5.72. The Kier molecular flexibility index (Phi) is 4.19. The Morgan fingerprint density at radius 2 is 1.23 bits per heavy atom. The summed E-state index contributed by atoms with van der Waals surface area (Å²) in [5.41, 5.74) is 1.23. The number of nitrogens with zero attached hydrogens (tertiary/aromatic N) is 2. The van der Waals surface area contributed by atoms with Gasteiger partial charge in [0.25, 0.3) is 0 Å². The third-order valence-corrected chi connectivity index (χ3v) is 6.96. The summed E-state index contributed by atoms with van der Waals surface area (Å²) >= 11 is 9.34. The number of halogens is 2. The van der Waals surface area contributed by atoms with E-state index in [4.69, 9.17) is 9.47 Å². The second kappa shape index (κ2) is 5.84. The van der Waals surface area contributed by atoms with Crippen LogP contribution in [0.1, 0.15) is 19.6 Å². The Bertz CT molecular complexity index is 806. The number of hydrogen-bond donors (Lipinski definition) is 0. The molecule has 2 heterocycles. The number of rotatable bonds is 2. The summed E-state index contributed by atoms with van der Waals surface area (Å²) in [6.45, 7) is 0. The fourth-order valence-corrected chi connectivity index (χ4v) is 5.35. The quantitative estimate of drug-likeness (QED) is 0.532. The van der Waals surface area contributed by atoms with Crippen LogP contribution in [0.5, 0.6) is 0 Å². The predicted molar refractivity (Wildman–Crippen MR) is 90.9 cm³/mol. The highest BCUT2D eigenvalue weighted by Crippen LogP contribution is 2.43. The molecule has 0 amide bonds. The second-order valence-corrected chi connectivity index (χ2v) is 7.59. The molecule has 0 fully saturated rings. The number of esters is 2. The first-order chi connectivity index (χ1) is 10.5. The van der Waals surface area contributed by atoms with Crippen LogP contribution in [0.2, 0.25) is 0 Å². The van der Waals surface area contributed by atoms with Gasteiger partial charge in [-0.2, -0.15) is 0 Å². The SMILES string of the molecule is COC(=O)c1nc2c(Br)c3sc(C(=O)OC)nc3c(Br)c2s1. The number of ether oxygens (including phenoxy) is 2. The van der Waals surface area contributed by atoms with E-state index >= 15 is 0 Å². The van der Waals surface area contributed by atoms with Gasteiger partial charge in [-0.3, -0.25) is 0 Å². The van der Waals surface area contributed by atoms with Gasteiger partial charge in [-0.15, -0.1) is 22.7 Å². The van der Waals surface area contributed by atoms with Gasteiger partial charge in [-0.1, -0.05) is 0 Å². The summed E-state index contributed by atoms with van der Waals surface area (Å²) in [4.78, 5) is 31.9. The summed E-state index contributed by atoms with van der Waals surface area (Å²) in [5, 5.41) is 0.509. The molecule has 0 aliphatic heterocycles. The number of benzene rings is 1. The Morgan fingerprint density at radius 3 is 1.55 bits per heavy atom. The van der Waals surface area contributed by atoms with Crippen molar-refractivity contribution in [2.24, 2.45) is 0 Å². The monoisotopic (exact) mass is 464 g/mol. The van der Waals surface area contributed by atoms with Gasteiger partial charge in [0.15, 0.2) is 0 Å². The Labute approximate surface area is 148 Å². The lowest BCUT2D eigenvalue weighted by atomic mass is 10.3. The van der Waals surface area contributed by atoms with E-state index in [9.17, 15) is 9.59 Å². The number of thiazole rings is 2. The van der Waals surface area contributed by atoms with Crippen LogP contribution >= 0.6 is 54.5 Å². The van der Waals surface area contributed by atoms with E-state index in [1.165, 1.54) is 36.9 Å². The molecule has 0 N–H and O–H groups in total. The lowest BCUT2D eigenvalue weighted by Crippen LogP contribution is -1.99. The van der Waals surface area contributed by atoms with E-state index < -0.39 is 11.9 Å². The van der Waals surface area contributed by atoms with E-state index in [0.29, 0.717) is 20.0 Å². The molecule has 0 bridgehead atoms. The van der Waals surface area contributed by atoms with Crippen molar-refractivity contribution < 1.29 is 19.1 Å². The second-order valence-electron chi connectivity index (χ2n) is 4.00. The normalized spacial score (nSPS) is 11.1.